The van der Waals surface area contributed by atoms with Crippen LogP contribution in [0.5, 0.6) is 0 Å². The molecule has 0 saturated carbocycles. The number of rotatable bonds is 1. The summed E-state index contributed by atoms with van der Waals surface area (Å²) < 4.78 is 11.1. The number of carboxylic acids is 1. The minimum Gasteiger partial charge on any atom is -0.478 e. The van der Waals surface area contributed by atoms with Crippen LogP contribution in [0.3, 0.4) is 0 Å². The summed E-state index contributed by atoms with van der Waals surface area (Å²) in [7, 11) is 0. The third-order valence-electron chi connectivity index (χ3n) is 2.60. The number of ether oxygens (including phenoxy) is 2. The lowest BCUT2D eigenvalue weighted by atomic mass is 9.92. The standard InChI is InChI=1S/C10H13NO5/c1-10(2)15-7-4-5(11-14)3-6(9(12)13)8(7)16-10/h3,7-8,14H,4H2,1-2H3,(H,12,13)/b11-5+. The molecule has 16 heavy (non-hydrogen) atoms. The van der Waals surface area contributed by atoms with E-state index in [2.05, 4.69) is 5.16 Å². The molecule has 2 unspecified atom stereocenters. The fourth-order valence-corrected chi connectivity index (χ4v) is 2.03. The minimum atomic E-state index is -1.09. The maximum atomic E-state index is 11.0. The molecule has 1 saturated heterocycles. The second-order valence-electron chi connectivity index (χ2n) is 4.29. The van der Waals surface area contributed by atoms with Crippen LogP contribution in [-0.2, 0) is 14.3 Å². The maximum absolute atomic E-state index is 11.0. The number of allylic oxidation sites excluding steroid dienone is 1. The van der Waals surface area contributed by atoms with E-state index in [9.17, 15) is 4.79 Å². The molecule has 0 radical (unpaired) electrons. The third-order valence-corrected chi connectivity index (χ3v) is 2.60. The molecule has 0 amide bonds. The van der Waals surface area contributed by atoms with Crippen molar-refractivity contribution < 1.29 is 24.6 Å². The van der Waals surface area contributed by atoms with Gasteiger partial charge in [-0.15, -0.1) is 0 Å². The fourth-order valence-electron chi connectivity index (χ4n) is 2.03. The highest BCUT2D eigenvalue weighted by Crippen LogP contribution is 2.36. The third kappa shape index (κ3) is 1.81. The fraction of sp³-hybridized carbons (Fsp3) is 0.600. The van der Waals surface area contributed by atoms with Crippen LogP contribution in [0.1, 0.15) is 20.3 Å². The molecule has 0 aromatic carbocycles. The summed E-state index contributed by atoms with van der Waals surface area (Å²) in [6.45, 7) is 3.45. The van der Waals surface area contributed by atoms with Gasteiger partial charge >= 0.3 is 5.97 Å². The molecule has 88 valence electrons. The van der Waals surface area contributed by atoms with E-state index in [1.165, 1.54) is 6.08 Å². The maximum Gasteiger partial charge on any atom is 0.334 e. The van der Waals surface area contributed by atoms with Crippen LogP contribution in [-0.4, -0.2) is 40.0 Å². The van der Waals surface area contributed by atoms with Gasteiger partial charge in [0.25, 0.3) is 0 Å². The summed E-state index contributed by atoms with van der Waals surface area (Å²) in [5.74, 6) is -1.90. The number of fused-ring (bicyclic) bond motifs is 1. The molecule has 2 rings (SSSR count). The molecule has 1 aliphatic heterocycles. The molecule has 2 atom stereocenters. The number of hydrogen-bond donors (Lipinski definition) is 2. The lowest BCUT2D eigenvalue weighted by Crippen LogP contribution is -2.34. The Bertz CT molecular complexity index is 385. The van der Waals surface area contributed by atoms with E-state index in [1.54, 1.807) is 13.8 Å². The lowest BCUT2D eigenvalue weighted by molar-refractivity contribution is -0.145. The van der Waals surface area contributed by atoms with Gasteiger partial charge < -0.3 is 19.8 Å². The Labute approximate surface area is 92.1 Å². The molecule has 6 nitrogen and oxygen atoms in total. The van der Waals surface area contributed by atoms with Crippen LogP contribution >= 0.6 is 0 Å². The summed E-state index contributed by atoms with van der Waals surface area (Å²) in [6, 6.07) is 0. The van der Waals surface area contributed by atoms with Gasteiger partial charge in [0.05, 0.1) is 17.4 Å². The van der Waals surface area contributed by atoms with E-state index in [-0.39, 0.29) is 5.57 Å². The first-order chi connectivity index (χ1) is 7.43. The van der Waals surface area contributed by atoms with Gasteiger partial charge in [0.15, 0.2) is 5.79 Å². The van der Waals surface area contributed by atoms with Crippen molar-refractivity contribution in [1.82, 2.24) is 0 Å². The second-order valence-corrected chi connectivity index (χ2v) is 4.29. The average Bonchev–Trinajstić information content (AvgIpc) is 2.49. The Morgan fingerprint density at radius 3 is 2.81 bits per heavy atom. The van der Waals surface area contributed by atoms with Crippen LogP contribution in [0.4, 0.5) is 0 Å². The van der Waals surface area contributed by atoms with Gasteiger partial charge in [0.2, 0.25) is 0 Å². The number of nitrogens with zero attached hydrogens (tertiary/aromatic N) is 1. The molecule has 1 aliphatic carbocycles. The smallest absolute Gasteiger partial charge is 0.334 e. The van der Waals surface area contributed by atoms with Crippen molar-refractivity contribution in [1.29, 1.82) is 0 Å². The van der Waals surface area contributed by atoms with Gasteiger partial charge in [0.1, 0.15) is 6.10 Å². The molecule has 0 bridgehead atoms. The molecular formula is C10H13NO5. The SMILES string of the molecule is CC1(C)OC2C/C(=N/O)C=C(C(=O)O)C2O1. The first kappa shape index (κ1) is 11.1. The van der Waals surface area contributed by atoms with Gasteiger partial charge in [-0.1, -0.05) is 5.16 Å². The van der Waals surface area contributed by atoms with Gasteiger partial charge in [0, 0.05) is 6.42 Å². The van der Waals surface area contributed by atoms with Crippen LogP contribution in [0.25, 0.3) is 0 Å². The van der Waals surface area contributed by atoms with Gasteiger partial charge in [-0.3, -0.25) is 0 Å². The normalized spacial score (nSPS) is 34.6. The summed E-state index contributed by atoms with van der Waals surface area (Å²) in [5.41, 5.74) is 0.356. The average molecular weight is 227 g/mol. The Morgan fingerprint density at radius 1 is 1.56 bits per heavy atom. The Kier molecular flexibility index (Phi) is 2.47. The number of carboxylic acid groups (broad SMARTS) is 1. The number of carbonyl (C=O) groups is 1. The monoisotopic (exact) mass is 227 g/mol. The Balaban J connectivity index is 2.35. The first-order valence-electron chi connectivity index (χ1n) is 4.94. The molecule has 2 aliphatic rings. The quantitative estimate of drug-likeness (QED) is 0.509. The molecule has 6 heteroatoms. The zero-order chi connectivity index (χ0) is 11.9. The van der Waals surface area contributed by atoms with Crippen molar-refractivity contribution in [2.45, 2.75) is 38.3 Å². The van der Waals surface area contributed by atoms with Gasteiger partial charge in [-0.25, -0.2) is 4.79 Å². The topological polar surface area (TPSA) is 88.4 Å². The van der Waals surface area contributed by atoms with Crippen LogP contribution < -0.4 is 0 Å². The summed E-state index contributed by atoms with van der Waals surface area (Å²) in [5, 5.41) is 20.8. The van der Waals surface area contributed by atoms with E-state index in [0.717, 1.165) is 0 Å². The zero-order valence-corrected chi connectivity index (χ0v) is 9.01. The molecule has 1 heterocycles. The highest BCUT2D eigenvalue weighted by Gasteiger charge is 2.47. The Morgan fingerprint density at radius 2 is 2.25 bits per heavy atom. The van der Waals surface area contributed by atoms with E-state index < -0.39 is 24.0 Å². The Hall–Kier alpha value is -1.40. The number of hydrogen-bond acceptors (Lipinski definition) is 5. The summed E-state index contributed by atoms with van der Waals surface area (Å²) in [6.07, 6.45) is 0.672. The second kappa shape index (κ2) is 3.57. The summed E-state index contributed by atoms with van der Waals surface area (Å²) >= 11 is 0. The van der Waals surface area contributed by atoms with Crippen molar-refractivity contribution in [2.75, 3.05) is 0 Å². The predicted molar refractivity (Wildman–Crippen MR) is 53.4 cm³/mol. The van der Waals surface area contributed by atoms with Crippen molar-refractivity contribution >= 4 is 11.7 Å². The van der Waals surface area contributed by atoms with Gasteiger partial charge in [-0.05, 0) is 19.9 Å². The van der Waals surface area contributed by atoms with E-state index in [0.29, 0.717) is 12.1 Å². The molecule has 0 aromatic rings. The van der Waals surface area contributed by atoms with Crippen LogP contribution in [0.15, 0.2) is 16.8 Å². The number of oxime groups is 1. The van der Waals surface area contributed by atoms with E-state index in [4.69, 9.17) is 19.8 Å². The highest BCUT2D eigenvalue weighted by molar-refractivity contribution is 6.04. The molecule has 0 spiro atoms. The van der Waals surface area contributed by atoms with Crippen molar-refractivity contribution in [3.8, 4) is 0 Å². The molecular weight excluding hydrogens is 214 g/mol. The van der Waals surface area contributed by atoms with Crippen molar-refractivity contribution in [2.24, 2.45) is 5.16 Å². The lowest BCUT2D eigenvalue weighted by Gasteiger charge is -2.21. The summed E-state index contributed by atoms with van der Waals surface area (Å²) in [4.78, 5) is 11.0. The predicted octanol–water partition coefficient (Wildman–Crippen LogP) is 0.751. The van der Waals surface area contributed by atoms with Crippen LogP contribution in [0.2, 0.25) is 0 Å². The molecule has 0 aromatic heterocycles. The van der Waals surface area contributed by atoms with Crippen molar-refractivity contribution in [3.63, 3.8) is 0 Å². The minimum absolute atomic E-state index is 0.0645. The van der Waals surface area contributed by atoms with Crippen molar-refractivity contribution in [3.05, 3.63) is 11.6 Å². The largest absolute Gasteiger partial charge is 0.478 e. The van der Waals surface area contributed by atoms with Gasteiger partial charge in [-0.2, -0.15) is 0 Å². The van der Waals surface area contributed by atoms with Crippen LogP contribution in [0, 0.1) is 0 Å². The highest BCUT2D eigenvalue weighted by atomic mass is 16.8. The number of aliphatic carboxylic acids is 1. The van der Waals surface area contributed by atoms with E-state index in [1.807, 2.05) is 0 Å². The molecule has 1 fully saturated rings. The molecule has 2 N–H and O–H groups in total. The van der Waals surface area contributed by atoms with E-state index >= 15 is 0 Å². The zero-order valence-electron chi connectivity index (χ0n) is 9.01. The first-order valence-corrected chi connectivity index (χ1v) is 4.94.